The lowest BCUT2D eigenvalue weighted by Crippen LogP contribution is -2.48. The van der Waals surface area contributed by atoms with Gasteiger partial charge < -0.3 is 19.5 Å². The van der Waals surface area contributed by atoms with Crippen molar-refractivity contribution in [3.05, 3.63) is 23.8 Å². The first-order chi connectivity index (χ1) is 13.5. The molecule has 1 fully saturated rings. The highest BCUT2D eigenvalue weighted by Crippen LogP contribution is 2.29. The summed E-state index contributed by atoms with van der Waals surface area (Å²) in [6.07, 6.45) is 3.58. The molecule has 0 radical (unpaired) electrons. The highest BCUT2D eigenvalue weighted by Gasteiger charge is 2.28. The summed E-state index contributed by atoms with van der Waals surface area (Å²) in [6, 6.07) is 5.51. The molecule has 1 heterocycles. The van der Waals surface area contributed by atoms with E-state index >= 15 is 0 Å². The smallest absolute Gasteiger partial charge is 0.317 e. The number of carbonyl (C=O) groups excluding carboxylic acids is 1. The van der Waals surface area contributed by atoms with Crippen molar-refractivity contribution in [2.45, 2.75) is 45.6 Å². The van der Waals surface area contributed by atoms with Crippen LogP contribution >= 0.6 is 0 Å². The number of piperidine rings is 1. The predicted molar refractivity (Wildman–Crippen MR) is 107 cm³/mol. The minimum Gasteiger partial charge on any atom is -0.493 e. The Morgan fingerprint density at radius 2 is 1.93 bits per heavy atom. The third kappa shape index (κ3) is 5.86. The van der Waals surface area contributed by atoms with Crippen LogP contribution in [0, 0.1) is 0 Å². The highest BCUT2D eigenvalue weighted by atomic mass is 16.5. The number of methoxy groups -OCH3 is 1. The van der Waals surface area contributed by atoms with Crippen molar-refractivity contribution in [1.29, 1.82) is 0 Å². The van der Waals surface area contributed by atoms with Gasteiger partial charge in [0.2, 0.25) is 0 Å². The van der Waals surface area contributed by atoms with Gasteiger partial charge >= 0.3 is 5.97 Å². The van der Waals surface area contributed by atoms with Crippen LogP contribution in [-0.2, 0) is 4.79 Å². The van der Waals surface area contributed by atoms with Crippen LogP contribution in [0.15, 0.2) is 18.2 Å². The average molecular weight is 392 g/mol. The zero-order chi connectivity index (χ0) is 20.5. The molecule has 0 unspecified atom stereocenters. The normalized spacial score (nSPS) is 14.9. The molecular weight excluding hydrogens is 360 g/mol. The van der Waals surface area contributed by atoms with E-state index in [1.807, 2.05) is 16.7 Å². The van der Waals surface area contributed by atoms with Crippen molar-refractivity contribution in [1.82, 2.24) is 9.80 Å². The van der Waals surface area contributed by atoms with Crippen LogP contribution in [0.5, 0.6) is 11.5 Å². The molecule has 0 aromatic heterocycles. The van der Waals surface area contributed by atoms with Crippen LogP contribution in [0.25, 0.3) is 0 Å². The molecule has 1 aromatic rings. The number of ether oxygens (including phenoxy) is 2. The van der Waals surface area contributed by atoms with E-state index in [4.69, 9.17) is 14.6 Å². The van der Waals surface area contributed by atoms with E-state index in [9.17, 15) is 9.59 Å². The molecule has 0 spiro atoms. The van der Waals surface area contributed by atoms with Crippen molar-refractivity contribution in [3.8, 4) is 11.5 Å². The number of rotatable bonds is 10. The summed E-state index contributed by atoms with van der Waals surface area (Å²) in [4.78, 5) is 27.7. The monoisotopic (exact) mass is 392 g/mol. The van der Waals surface area contributed by atoms with E-state index in [2.05, 4.69) is 6.92 Å². The van der Waals surface area contributed by atoms with Crippen molar-refractivity contribution < 1.29 is 24.2 Å². The summed E-state index contributed by atoms with van der Waals surface area (Å²) in [5, 5.41) is 9.05. The second kappa shape index (κ2) is 10.9. The molecule has 1 N–H and O–H groups in total. The van der Waals surface area contributed by atoms with E-state index in [1.165, 1.54) is 0 Å². The average Bonchev–Trinajstić information content (AvgIpc) is 2.71. The number of aliphatic carboxylic acids is 1. The second-order valence-corrected chi connectivity index (χ2v) is 7.05. The third-order valence-corrected chi connectivity index (χ3v) is 5.18. The Labute approximate surface area is 167 Å². The number of benzene rings is 1. The number of carboxylic acid groups (broad SMARTS) is 1. The van der Waals surface area contributed by atoms with Gasteiger partial charge in [0.1, 0.15) is 0 Å². The number of hydrogen-bond acceptors (Lipinski definition) is 5. The first-order valence-corrected chi connectivity index (χ1v) is 10.1. The largest absolute Gasteiger partial charge is 0.493 e. The van der Waals surface area contributed by atoms with E-state index in [-0.39, 0.29) is 18.5 Å². The Balaban J connectivity index is 1.98. The SMILES string of the molecule is CCCCOc1ccc(C(=O)N2CCC(N(CC)CC(=O)O)CC2)cc1OC. The Kier molecular flexibility index (Phi) is 8.57. The molecule has 1 saturated heterocycles. The van der Waals surface area contributed by atoms with Gasteiger partial charge in [0.15, 0.2) is 11.5 Å². The molecule has 1 aliphatic rings. The van der Waals surface area contributed by atoms with E-state index in [0.29, 0.717) is 43.3 Å². The van der Waals surface area contributed by atoms with Crippen LogP contribution in [0.2, 0.25) is 0 Å². The van der Waals surface area contributed by atoms with Crippen molar-refractivity contribution >= 4 is 11.9 Å². The topological polar surface area (TPSA) is 79.3 Å². The number of carboxylic acids is 1. The number of nitrogens with zero attached hydrogens (tertiary/aromatic N) is 2. The van der Waals surface area contributed by atoms with Gasteiger partial charge in [-0.1, -0.05) is 20.3 Å². The number of hydrogen-bond donors (Lipinski definition) is 1. The summed E-state index contributed by atoms with van der Waals surface area (Å²) in [5.41, 5.74) is 0.580. The van der Waals surface area contributed by atoms with E-state index in [0.717, 1.165) is 25.7 Å². The summed E-state index contributed by atoms with van der Waals surface area (Å²) in [5.74, 6) is 0.376. The molecular formula is C21H32N2O5. The van der Waals surface area contributed by atoms with Crippen molar-refractivity contribution in [3.63, 3.8) is 0 Å². The molecule has 28 heavy (non-hydrogen) atoms. The lowest BCUT2D eigenvalue weighted by Gasteiger charge is -2.37. The Bertz CT molecular complexity index is 656. The van der Waals surface area contributed by atoms with Crippen LogP contribution in [0.3, 0.4) is 0 Å². The molecule has 2 rings (SSSR count). The standard InChI is InChI=1S/C21H32N2O5/c1-4-6-13-28-18-8-7-16(14-19(18)27-3)21(26)23-11-9-17(10-12-23)22(5-2)15-20(24)25/h7-8,14,17H,4-6,9-13,15H2,1-3H3,(H,24,25). The molecule has 7 nitrogen and oxygen atoms in total. The fraction of sp³-hybridized carbons (Fsp3) is 0.619. The summed E-state index contributed by atoms with van der Waals surface area (Å²) >= 11 is 0. The Morgan fingerprint density at radius 3 is 2.50 bits per heavy atom. The van der Waals surface area contributed by atoms with Gasteiger partial charge in [-0.2, -0.15) is 0 Å². The number of carbonyl (C=O) groups is 2. The van der Waals surface area contributed by atoms with Gasteiger partial charge in [-0.15, -0.1) is 0 Å². The molecule has 0 saturated carbocycles. The van der Waals surface area contributed by atoms with Gasteiger partial charge in [0.25, 0.3) is 5.91 Å². The minimum atomic E-state index is -0.811. The molecule has 0 bridgehead atoms. The maximum absolute atomic E-state index is 12.9. The van der Waals surface area contributed by atoms with Crippen LogP contribution < -0.4 is 9.47 Å². The van der Waals surface area contributed by atoms with Crippen molar-refractivity contribution in [2.24, 2.45) is 0 Å². The van der Waals surface area contributed by atoms with Gasteiger partial charge in [-0.3, -0.25) is 14.5 Å². The molecule has 1 amide bonds. The maximum Gasteiger partial charge on any atom is 0.317 e. The van der Waals surface area contributed by atoms with E-state index < -0.39 is 5.97 Å². The quantitative estimate of drug-likeness (QED) is 0.617. The minimum absolute atomic E-state index is 0.0295. The second-order valence-electron chi connectivity index (χ2n) is 7.05. The number of amides is 1. The lowest BCUT2D eigenvalue weighted by molar-refractivity contribution is -0.139. The zero-order valence-corrected chi connectivity index (χ0v) is 17.1. The Morgan fingerprint density at radius 1 is 1.21 bits per heavy atom. The van der Waals surface area contributed by atoms with Crippen molar-refractivity contribution in [2.75, 3.05) is 39.9 Å². The molecule has 156 valence electrons. The highest BCUT2D eigenvalue weighted by molar-refractivity contribution is 5.95. The number of unbranched alkanes of at least 4 members (excludes halogenated alkanes) is 1. The van der Waals surface area contributed by atoms with Gasteiger partial charge in [0.05, 0.1) is 20.3 Å². The number of likely N-dealkylation sites (tertiary alicyclic amines) is 1. The molecule has 7 heteroatoms. The maximum atomic E-state index is 12.9. The van der Waals surface area contributed by atoms with Crippen LogP contribution in [0.1, 0.15) is 49.9 Å². The van der Waals surface area contributed by atoms with Crippen LogP contribution in [0.4, 0.5) is 0 Å². The molecule has 0 atom stereocenters. The van der Waals surface area contributed by atoms with Crippen LogP contribution in [-0.4, -0.2) is 72.7 Å². The summed E-state index contributed by atoms with van der Waals surface area (Å²) in [6.45, 7) is 6.68. The fourth-order valence-electron chi connectivity index (χ4n) is 3.54. The van der Waals surface area contributed by atoms with Gasteiger partial charge in [0, 0.05) is 24.7 Å². The van der Waals surface area contributed by atoms with E-state index in [1.54, 1.807) is 25.3 Å². The number of likely N-dealkylation sites (N-methyl/N-ethyl adjacent to an activating group) is 1. The molecule has 0 aliphatic carbocycles. The zero-order valence-electron chi connectivity index (χ0n) is 17.1. The fourth-order valence-corrected chi connectivity index (χ4v) is 3.54. The summed E-state index contributed by atoms with van der Waals surface area (Å²) < 4.78 is 11.1. The molecule has 1 aromatic carbocycles. The summed E-state index contributed by atoms with van der Waals surface area (Å²) in [7, 11) is 1.57. The molecule has 1 aliphatic heterocycles. The predicted octanol–water partition coefficient (Wildman–Crippen LogP) is 2.89. The van der Waals surface area contributed by atoms with Gasteiger partial charge in [-0.05, 0) is 44.0 Å². The first kappa shape index (κ1) is 22.0. The lowest BCUT2D eigenvalue weighted by atomic mass is 10.0. The van der Waals surface area contributed by atoms with Gasteiger partial charge in [-0.25, -0.2) is 0 Å². The third-order valence-electron chi connectivity index (χ3n) is 5.18. The first-order valence-electron chi connectivity index (χ1n) is 10.1. The Hall–Kier alpha value is -2.28.